The smallest absolute Gasteiger partial charge is 0.389 e. The Bertz CT molecular complexity index is 1130. The molecule has 3 aromatic rings. The molecule has 0 bridgehead atoms. The van der Waals surface area contributed by atoms with Gasteiger partial charge in [-0.25, -0.2) is 0 Å². The summed E-state index contributed by atoms with van der Waals surface area (Å²) in [5.74, 6) is -0.937. The number of carbonyl (C=O) groups is 2. The average molecular weight is 573 g/mol. The first-order chi connectivity index (χ1) is 15.3. The number of rotatable bonds is 10. The Morgan fingerprint density at radius 1 is 1.22 bits per heavy atom. The number of ether oxygens (including phenoxy) is 1. The number of benzene rings is 1. The van der Waals surface area contributed by atoms with Gasteiger partial charge in [-0.2, -0.15) is 9.67 Å². The van der Waals surface area contributed by atoms with E-state index in [1.165, 1.54) is 16.9 Å². The van der Waals surface area contributed by atoms with E-state index in [2.05, 4.69) is 57.7 Å². The molecule has 32 heavy (non-hydrogen) atoms. The highest BCUT2D eigenvalue weighted by Crippen LogP contribution is 2.28. The van der Waals surface area contributed by atoms with E-state index >= 15 is 0 Å². The molecule has 0 saturated heterocycles. The lowest BCUT2D eigenvalue weighted by Gasteiger charge is -2.09. The summed E-state index contributed by atoms with van der Waals surface area (Å²) in [6.07, 6.45) is 1.38. The molecule has 3 rings (SSSR count). The molecule has 13 nitrogen and oxygen atoms in total. The fraction of sp³-hybridized carbons (Fsp3) is 0.235. The molecular formula is C17H15Br2N7O6. The second-order valence-electron chi connectivity index (χ2n) is 6.11. The van der Waals surface area contributed by atoms with E-state index in [1.807, 2.05) is 0 Å². The van der Waals surface area contributed by atoms with Crippen LogP contribution in [0.5, 0.6) is 5.75 Å². The summed E-state index contributed by atoms with van der Waals surface area (Å²) in [4.78, 5) is 37.9. The van der Waals surface area contributed by atoms with Gasteiger partial charge in [-0.15, -0.1) is 0 Å². The van der Waals surface area contributed by atoms with Crippen molar-refractivity contribution in [2.75, 3.05) is 19.7 Å². The monoisotopic (exact) mass is 571 g/mol. The van der Waals surface area contributed by atoms with Crippen LogP contribution in [0.3, 0.4) is 0 Å². The second-order valence-corrected chi connectivity index (χ2v) is 7.88. The summed E-state index contributed by atoms with van der Waals surface area (Å²) >= 11 is 6.67. The normalized spacial score (nSPS) is 10.6. The van der Waals surface area contributed by atoms with E-state index in [0.29, 0.717) is 10.2 Å². The Balaban J connectivity index is 1.37. The van der Waals surface area contributed by atoms with Crippen LogP contribution < -0.4 is 15.4 Å². The minimum Gasteiger partial charge on any atom is -0.483 e. The van der Waals surface area contributed by atoms with Crippen molar-refractivity contribution >= 4 is 49.5 Å². The first-order valence-corrected chi connectivity index (χ1v) is 10.5. The minimum absolute atomic E-state index is 0.00480. The molecule has 168 valence electrons. The number of halogens is 2. The average Bonchev–Trinajstić information content (AvgIpc) is 3.41. The Morgan fingerprint density at radius 3 is 2.72 bits per heavy atom. The Hall–Kier alpha value is -3.33. The molecule has 2 N–H and O–H groups in total. The second kappa shape index (κ2) is 10.8. The molecule has 0 aliphatic heterocycles. The van der Waals surface area contributed by atoms with Crippen LogP contribution in [0.1, 0.15) is 16.5 Å². The van der Waals surface area contributed by atoms with Crippen LogP contribution in [-0.2, 0) is 11.3 Å². The zero-order valence-corrected chi connectivity index (χ0v) is 19.3. The maximum Gasteiger partial charge on any atom is 0.389 e. The summed E-state index contributed by atoms with van der Waals surface area (Å²) in [6, 6.07) is 6.53. The SMILES string of the molecule is O=C(COc1ccc(Br)cc1Br)NCCNC(=O)c1nc(Cn2ccc([N+](=O)[O-])n2)no1. The van der Waals surface area contributed by atoms with Crippen LogP contribution in [0.25, 0.3) is 0 Å². The van der Waals surface area contributed by atoms with Crippen molar-refractivity contribution in [3.8, 4) is 5.75 Å². The topological polar surface area (TPSA) is 167 Å². The largest absolute Gasteiger partial charge is 0.483 e. The predicted octanol–water partition coefficient (Wildman–Crippen LogP) is 1.67. The highest BCUT2D eigenvalue weighted by molar-refractivity contribution is 9.11. The molecule has 0 aliphatic rings. The molecule has 0 saturated carbocycles. The molecule has 1 aromatic carbocycles. The van der Waals surface area contributed by atoms with Crippen LogP contribution in [0, 0.1) is 10.1 Å². The van der Waals surface area contributed by atoms with E-state index in [1.54, 1.807) is 18.2 Å². The van der Waals surface area contributed by atoms with Crippen LogP contribution >= 0.6 is 31.9 Å². The van der Waals surface area contributed by atoms with Gasteiger partial charge in [0.15, 0.2) is 12.4 Å². The van der Waals surface area contributed by atoms with E-state index in [-0.39, 0.29) is 49.7 Å². The van der Waals surface area contributed by atoms with E-state index < -0.39 is 10.8 Å². The number of nitro groups is 1. The van der Waals surface area contributed by atoms with Gasteiger partial charge in [0.25, 0.3) is 5.91 Å². The number of nitrogens with one attached hydrogen (secondary N) is 2. The van der Waals surface area contributed by atoms with Gasteiger partial charge in [-0.05, 0) is 39.1 Å². The van der Waals surface area contributed by atoms with Crippen LogP contribution in [0.4, 0.5) is 5.82 Å². The third kappa shape index (κ3) is 6.58. The number of nitrogens with zero attached hydrogens (tertiary/aromatic N) is 5. The van der Waals surface area contributed by atoms with E-state index in [9.17, 15) is 19.7 Å². The van der Waals surface area contributed by atoms with Crippen LogP contribution in [0.2, 0.25) is 0 Å². The lowest BCUT2D eigenvalue weighted by Crippen LogP contribution is -2.36. The zero-order chi connectivity index (χ0) is 23.1. The summed E-state index contributed by atoms with van der Waals surface area (Å²) in [6.45, 7) is 0.0882. The third-order valence-electron chi connectivity index (χ3n) is 3.76. The lowest BCUT2D eigenvalue weighted by atomic mass is 10.3. The fourth-order valence-corrected chi connectivity index (χ4v) is 3.49. The third-order valence-corrected chi connectivity index (χ3v) is 4.88. The van der Waals surface area contributed by atoms with E-state index in [0.717, 1.165) is 4.47 Å². The van der Waals surface area contributed by atoms with Gasteiger partial charge in [0, 0.05) is 17.6 Å². The van der Waals surface area contributed by atoms with Crippen molar-refractivity contribution in [1.29, 1.82) is 0 Å². The number of hydrogen-bond donors (Lipinski definition) is 2. The fourth-order valence-electron chi connectivity index (χ4n) is 2.33. The van der Waals surface area contributed by atoms with Crippen molar-refractivity contribution in [3.63, 3.8) is 0 Å². The van der Waals surface area contributed by atoms with Gasteiger partial charge < -0.3 is 30.0 Å². The lowest BCUT2D eigenvalue weighted by molar-refractivity contribution is -0.389. The molecule has 2 aromatic heterocycles. The molecular weight excluding hydrogens is 558 g/mol. The molecule has 0 unspecified atom stereocenters. The van der Waals surface area contributed by atoms with Crippen LogP contribution in [0.15, 0.2) is 43.9 Å². The molecule has 0 radical (unpaired) electrons. The quantitative estimate of drug-likeness (QED) is 0.208. The van der Waals surface area contributed by atoms with Crippen molar-refractivity contribution in [1.82, 2.24) is 30.6 Å². The molecule has 2 amide bonds. The summed E-state index contributed by atoms with van der Waals surface area (Å²) < 4.78 is 13.1. The molecule has 0 fully saturated rings. The first kappa shape index (κ1) is 23.3. The van der Waals surface area contributed by atoms with Crippen molar-refractivity contribution in [2.45, 2.75) is 6.54 Å². The number of amides is 2. The standard InChI is InChI=1S/C17H15Br2N7O6/c18-10-1-2-12(11(19)7-10)31-9-15(27)20-4-5-21-16(28)17-22-13(24-32-17)8-25-6-3-14(23-25)26(29)30/h1-3,6-7H,4-5,8-9H2,(H,20,27)(H,21,28). The molecule has 2 heterocycles. The highest BCUT2D eigenvalue weighted by atomic mass is 79.9. The summed E-state index contributed by atoms with van der Waals surface area (Å²) in [7, 11) is 0. The van der Waals surface area contributed by atoms with Gasteiger partial charge in [0.05, 0.1) is 21.8 Å². The minimum atomic E-state index is -0.629. The Kier molecular flexibility index (Phi) is 7.88. The zero-order valence-electron chi connectivity index (χ0n) is 16.2. The first-order valence-electron chi connectivity index (χ1n) is 8.95. The molecule has 15 heteroatoms. The van der Waals surface area contributed by atoms with Crippen molar-refractivity contribution in [3.05, 3.63) is 61.2 Å². The van der Waals surface area contributed by atoms with Gasteiger partial charge in [0.2, 0.25) is 0 Å². The maximum absolute atomic E-state index is 12.1. The van der Waals surface area contributed by atoms with Gasteiger partial charge in [-0.3, -0.25) is 9.59 Å². The van der Waals surface area contributed by atoms with Crippen LogP contribution in [-0.4, -0.2) is 56.4 Å². The Labute approximate surface area is 196 Å². The summed E-state index contributed by atoms with van der Waals surface area (Å²) in [5, 5.41) is 23.1. The van der Waals surface area contributed by atoms with Gasteiger partial charge in [0.1, 0.15) is 12.3 Å². The molecule has 0 spiro atoms. The summed E-state index contributed by atoms with van der Waals surface area (Å²) in [5.41, 5.74) is 0. The van der Waals surface area contributed by atoms with Crippen molar-refractivity contribution in [2.24, 2.45) is 0 Å². The number of carbonyl (C=O) groups excluding carboxylic acids is 2. The maximum atomic E-state index is 12.1. The number of aromatic nitrogens is 4. The van der Waals surface area contributed by atoms with Gasteiger partial charge in [-0.1, -0.05) is 21.1 Å². The van der Waals surface area contributed by atoms with Gasteiger partial charge >= 0.3 is 17.6 Å². The number of hydrogen-bond acceptors (Lipinski definition) is 9. The van der Waals surface area contributed by atoms with Crippen molar-refractivity contribution < 1.29 is 23.8 Å². The predicted molar refractivity (Wildman–Crippen MR) is 115 cm³/mol. The Morgan fingerprint density at radius 2 is 2.00 bits per heavy atom. The highest BCUT2D eigenvalue weighted by Gasteiger charge is 2.17. The molecule has 0 atom stereocenters. The van der Waals surface area contributed by atoms with E-state index in [4.69, 9.17) is 9.26 Å². The molecule has 0 aliphatic carbocycles.